The van der Waals surface area contributed by atoms with Gasteiger partial charge in [0.05, 0.1) is 39.5 Å². The summed E-state index contributed by atoms with van der Waals surface area (Å²) in [6, 6.07) is 0. The van der Waals surface area contributed by atoms with Crippen molar-refractivity contribution in [3.63, 3.8) is 0 Å². The summed E-state index contributed by atoms with van der Waals surface area (Å²) >= 11 is 0. The first-order valence-electron chi connectivity index (χ1n) is 15.8. The predicted molar refractivity (Wildman–Crippen MR) is 158 cm³/mol. The van der Waals surface area contributed by atoms with E-state index in [2.05, 4.69) is 33.3 Å². The van der Waals surface area contributed by atoms with Crippen molar-refractivity contribution < 1.29 is 23.9 Å². The Hall–Kier alpha value is -1.70. The van der Waals surface area contributed by atoms with Gasteiger partial charge in [0.2, 0.25) is 5.91 Å². The van der Waals surface area contributed by atoms with E-state index in [1.54, 1.807) is 0 Å². The lowest BCUT2D eigenvalue weighted by atomic mass is 10.0. The van der Waals surface area contributed by atoms with Gasteiger partial charge in [-0.15, -0.1) is 0 Å². The van der Waals surface area contributed by atoms with Gasteiger partial charge in [0.25, 0.3) is 0 Å². The molecule has 2 N–H and O–H groups in total. The Morgan fingerprint density at radius 3 is 2.23 bits per heavy atom. The van der Waals surface area contributed by atoms with Crippen LogP contribution in [0, 0.1) is 6.92 Å². The summed E-state index contributed by atoms with van der Waals surface area (Å²) < 4.78 is 12.7. The Balaban J connectivity index is 1.65. The molecular formula is C32H58N3O4+. The van der Waals surface area contributed by atoms with Crippen LogP contribution in [0.3, 0.4) is 0 Å². The number of ether oxygens (including phenoxy) is 2. The number of unbranched alkanes of at least 4 members (excludes halogenated alkanes) is 10. The van der Waals surface area contributed by atoms with Crippen LogP contribution in [0.4, 0.5) is 0 Å². The van der Waals surface area contributed by atoms with Crippen molar-refractivity contribution in [1.82, 2.24) is 10.3 Å². The molecule has 0 radical (unpaired) electrons. The van der Waals surface area contributed by atoms with Crippen molar-refractivity contribution in [2.45, 2.75) is 143 Å². The van der Waals surface area contributed by atoms with Crippen molar-refractivity contribution >= 4 is 5.91 Å². The van der Waals surface area contributed by atoms with Gasteiger partial charge in [0.1, 0.15) is 18.0 Å². The lowest BCUT2D eigenvalue weighted by Gasteiger charge is -2.33. The van der Waals surface area contributed by atoms with Gasteiger partial charge in [-0.25, -0.2) is 4.98 Å². The van der Waals surface area contributed by atoms with Crippen LogP contribution in [0.25, 0.3) is 0 Å². The molecular weight excluding hydrogens is 490 g/mol. The molecule has 7 nitrogen and oxygen atoms in total. The quantitative estimate of drug-likeness (QED) is 0.132. The van der Waals surface area contributed by atoms with Crippen LogP contribution in [0.15, 0.2) is 0 Å². The molecule has 0 spiro atoms. The lowest BCUT2D eigenvalue weighted by molar-refractivity contribution is -0.904. The highest BCUT2D eigenvalue weighted by Gasteiger charge is 2.29. The van der Waals surface area contributed by atoms with Gasteiger partial charge in [-0.05, 0) is 13.3 Å². The number of carbonyl (C=O) groups is 1. The van der Waals surface area contributed by atoms with Crippen LogP contribution in [0.5, 0.6) is 5.75 Å². The van der Waals surface area contributed by atoms with Gasteiger partial charge in [-0.2, -0.15) is 0 Å². The van der Waals surface area contributed by atoms with Crippen LogP contribution < -0.4 is 10.1 Å². The zero-order chi connectivity index (χ0) is 28.5. The molecule has 1 aromatic rings. The Kier molecular flexibility index (Phi) is 16.0. The zero-order valence-corrected chi connectivity index (χ0v) is 25.8. The van der Waals surface area contributed by atoms with E-state index in [9.17, 15) is 9.90 Å². The largest absolute Gasteiger partial charge is 0.463 e. The minimum Gasteiger partial charge on any atom is -0.463 e. The number of fused-ring (bicyclic) bond motifs is 1. The summed E-state index contributed by atoms with van der Waals surface area (Å²) in [5, 5.41) is 13.3. The Labute approximate surface area is 238 Å². The number of nitrogens with zero attached hydrogens (tertiary/aromatic N) is 2. The number of aryl methyl sites for hydroxylation is 1. The maximum Gasteiger partial charge on any atom is 0.219 e. The molecule has 0 aromatic carbocycles. The average Bonchev–Trinajstić information content (AvgIpc) is 2.90. The monoisotopic (exact) mass is 548 g/mol. The number of hydrogen-bond donors (Lipinski definition) is 2. The number of nitrogens with one attached hydrogen (secondary N) is 1. The van der Waals surface area contributed by atoms with Crippen molar-refractivity contribution in [2.75, 3.05) is 27.2 Å². The Morgan fingerprint density at radius 1 is 0.974 bits per heavy atom. The van der Waals surface area contributed by atoms with Crippen LogP contribution in [0.1, 0.15) is 133 Å². The molecule has 1 atom stereocenters. The van der Waals surface area contributed by atoms with E-state index in [4.69, 9.17) is 14.5 Å². The number of aromatic nitrogens is 1. The fourth-order valence-electron chi connectivity index (χ4n) is 5.45. The smallest absolute Gasteiger partial charge is 0.219 e. The van der Waals surface area contributed by atoms with Crippen LogP contribution in [0.2, 0.25) is 0 Å². The third-order valence-corrected chi connectivity index (χ3v) is 7.81. The van der Waals surface area contributed by atoms with Gasteiger partial charge < -0.3 is 24.4 Å². The molecule has 7 heteroatoms. The Bertz CT molecular complexity index is 843. The fraction of sp³-hybridized carbons (Fsp3) is 0.812. The zero-order valence-electron chi connectivity index (χ0n) is 25.8. The lowest BCUT2D eigenvalue weighted by Crippen LogP contribution is -2.42. The number of amides is 1. The number of hydrogen-bond acceptors (Lipinski definition) is 5. The normalized spacial score (nSPS) is 15.2. The third-order valence-electron chi connectivity index (χ3n) is 7.81. The molecule has 0 fully saturated rings. The summed E-state index contributed by atoms with van der Waals surface area (Å²) in [5.41, 5.74) is 3.52. The van der Waals surface area contributed by atoms with E-state index in [0.29, 0.717) is 26.1 Å². The van der Waals surface area contributed by atoms with E-state index in [1.807, 2.05) is 6.92 Å². The van der Waals surface area contributed by atoms with Crippen LogP contribution >= 0.6 is 0 Å². The minimum absolute atomic E-state index is 0.0782. The molecule has 1 aliphatic rings. The molecule has 2 rings (SSSR count). The molecule has 1 aliphatic heterocycles. The van der Waals surface area contributed by atoms with Crippen molar-refractivity contribution in [3.05, 3.63) is 22.5 Å². The van der Waals surface area contributed by atoms with Gasteiger partial charge in [-0.1, -0.05) is 84.5 Å². The van der Waals surface area contributed by atoms with Gasteiger partial charge in [-0.3, -0.25) is 4.79 Å². The fourth-order valence-corrected chi connectivity index (χ4v) is 5.45. The number of carbonyl (C=O) groups excluding carboxylic acids is 1. The second-order valence-electron chi connectivity index (χ2n) is 12.0. The maximum atomic E-state index is 12.3. The molecule has 224 valence electrons. The van der Waals surface area contributed by atoms with Gasteiger partial charge in [0, 0.05) is 36.9 Å². The molecule has 1 amide bonds. The van der Waals surface area contributed by atoms with Crippen molar-refractivity contribution in [3.8, 4) is 5.75 Å². The van der Waals surface area contributed by atoms with E-state index < -0.39 is 0 Å². The number of quaternary nitrogens is 1. The number of pyridine rings is 1. The van der Waals surface area contributed by atoms with E-state index >= 15 is 0 Å². The van der Waals surface area contributed by atoms with E-state index in [-0.39, 0.29) is 18.8 Å². The number of aliphatic hydroxyl groups is 1. The molecule has 0 saturated carbocycles. The molecule has 1 aromatic heterocycles. The van der Waals surface area contributed by atoms with Crippen molar-refractivity contribution in [2.24, 2.45) is 0 Å². The van der Waals surface area contributed by atoms with E-state index in [0.717, 1.165) is 71.4 Å². The first-order chi connectivity index (χ1) is 18.8. The molecule has 0 aliphatic carbocycles. The van der Waals surface area contributed by atoms with Gasteiger partial charge >= 0.3 is 0 Å². The van der Waals surface area contributed by atoms with Crippen molar-refractivity contribution in [1.29, 1.82) is 0 Å². The summed E-state index contributed by atoms with van der Waals surface area (Å²) in [6.07, 6.45) is 17.4. The Morgan fingerprint density at radius 2 is 1.62 bits per heavy atom. The summed E-state index contributed by atoms with van der Waals surface area (Å²) in [7, 11) is 4.35. The van der Waals surface area contributed by atoms with E-state index in [1.165, 1.54) is 57.8 Å². The highest BCUT2D eigenvalue weighted by molar-refractivity contribution is 5.75. The summed E-state index contributed by atoms with van der Waals surface area (Å²) in [6.45, 7) is 9.03. The van der Waals surface area contributed by atoms with Crippen LogP contribution in [-0.4, -0.2) is 54.0 Å². The molecule has 0 bridgehead atoms. The first kappa shape index (κ1) is 33.5. The first-order valence-corrected chi connectivity index (χ1v) is 15.8. The standard InChI is InChI=1S/C32H57N3O4/c1-6-8-9-10-11-12-13-14-15-16-17-20-30(37)33-21-18-22-35(4,5)23-29-27(24-36)28-25-38-31(19-7-2)39-32(28)26(3)34-29/h31,36H,6-25H2,1-5H3/p+1. The second kappa shape index (κ2) is 18.6. The highest BCUT2D eigenvalue weighted by Crippen LogP contribution is 2.35. The second-order valence-corrected chi connectivity index (χ2v) is 12.0. The summed E-state index contributed by atoms with van der Waals surface area (Å²) in [4.78, 5) is 17.1. The third kappa shape index (κ3) is 12.6. The summed E-state index contributed by atoms with van der Waals surface area (Å²) in [5.74, 6) is 0.950. The minimum atomic E-state index is -0.238. The molecule has 39 heavy (non-hydrogen) atoms. The topological polar surface area (TPSA) is 80.7 Å². The number of aliphatic hydroxyl groups excluding tert-OH is 1. The molecule has 2 heterocycles. The predicted octanol–water partition coefficient (Wildman–Crippen LogP) is 6.70. The van der Waals surface area contributed by atoms with Gasteiger partial charge in [0.15, 0.2) is 6.29 Å². The van der Waals surface area contributed by atoms with Crippen LogP contribution in [-0.2, 0) is 29.3 Å². The molecule has 1 unspecified atom stereocenters. The number of rotatable bonds is 21. The highest BCUT2D eigenvalue weighted by atomic mass is 16.7. The average molecular weight is 549 g/mol. The molecule has 0 saturated heterocycles. The SMILES string of the molecule is CCCCCCCCCCCCCC(=O)NCCC[N+](C)(C)Cc1nc(C)c2c(c1CO)COC(CCC)O2. The maximum absolute atomic E-state index is 12.3.